The van der Waals surface area contributed by atoms with E-state index >= 15 is 0 Å². The number of hydrogen-bond donors (Lipinski definition) is 0. The van der Waals surface area contributed by atoms with Gasteiger partial charge in [0.05, 0.1) is 23.5 Å². The van der Waals surface area contributed by atoms with Crippen LogP contribution in [0.5, 0.6) is 0 Å². The number of benzene rings is 1. The third-order valence-corrected chi connectivity index (χ3v) is 5.02. The average Bonchev–Trinajstić information content (AvgIpc) is 2.71. The van der Waals surface area contributed by atoms with Gasteiger partial charge in [0, 0.05) is 31.9 Å². The largest absolute Gasteiger partial charge is 0.417 e. The van der Waals surface area contributed by atoms with Gasteiger partial charge in [-0.1, -0.05) is 0 Å². The van der Waals surface area contributed by atoms with Crippen molar-refractivity contribution in [3.63, 3.8) is 0 Å². The molecule has 5 nitrogen and oxygen atoms in total. The Morgan fingerprint density at radius 1 is 1.17 bits per heavy atom. The molecule has 1 fully saturated rings. The van der Waals surface area contributed by atoms with E-state index in [0.29, 0.717) is 31.7 Å². The molecule has 1 aliphatic heterocycles. The highest BCUT2D eigenvalue weighted by molar-refractivity contribution is 7.88. The van der Waals surface area contributed by atoms with Crippen LogP contribution in [0.1, 0.15) is 17.5 Å². The van der Waals surface area contributed by atoms with Gasteiger partial charge in [0.25, 0.3) is 0 Å². The van der Waals surface area contributed by atoms with Crippen molar-refractivity contribution in [2.75, 3.05) is 37.3 Å². The van der Waals surface area contributed by atoms with Crippen LogP contribution in [-0.2, 0) is 16.2 Å². The Hall–Kier alpha value is -1.79. The maximum atomic E-state index is 13.0. The quantitative estimate of drug-likeness (QED) is 0.821. The molecule has 0 spiro atoms. The molecular weight excluding hydrogens is 331 g/mol. The van der Waals surface area contributed by atoms with E-state index in [2.05, 4.69) is 0 Å². The van der Waals surface area contributed by atoms with Gasteiger partial charge >= 0.3 is 6.18 Å². The Morgan fingerprint density at radius 3 is 2.43 bits per heavy atom. The molecule has 9 heteroatoms. The summed E-state index contributed by atoms with van der Waals surface area (Å²) in [6, 6.07) is 5.11. The average molecular weight is 347 g/mol. The van der Waals surface area contributed by atoms with E-state index in [1.807, 2.05) is 0 Å². The van der Waals surface area contributed by atoms with E-state index in [1.165, 1.54) is 10.4 Å². The molecule has 0 radical (unpaired) electrons. The van der Waals surface area contributed by atoms with Crippen LogP contribution in [0.3, 0.4) is 0 Å². The molecule has 1 heterocycles. The second-order valence-electron chi connectivity index (χ2n) is 5.34. The van der Waals surface area contributed by atoms with Crippen LogP contribution in [0.25, 0.3) is 0 Å². The Bertz CT molecular complexity index is 726. The Balaban J connectivity index is 2.28. The summed E-state index contributed by atoms with van der Waals surface area (Å²) < 4.78 is 63.5. The summed E-state index contributed by atoms with van der Waals surface area (Å²) in [6.45, 7) is 1.32. The number of nitrogens with zero attached hydrogens (tertiary/aromatic N) is 3. The molecule has 126 valence electrons. The Labute approximate surface area is 133 Å². The van der Waals surface area contributed by atoms with Crippen molar-refractivity contribution in [2.24, 2.45) is 0 Å². The lowest BCUT2D eigenvalue weighted by atomic mass is 10.1. The summed E-state index contributed by atoms with van der Waals surface area (Å²) in [7, 11) is -3.31. The van der Waals surface area contributed by atoms with Gasteiger partial charge in [-0.3, -0.25) is 0 Å². The minimum atomic E-state index is -4.61. The van der Waals surface area contributed by atoms with Crippen molar-refractivity contribution >= 4 is 15.7 Å². The molecule has 0 N–H and O–H groups in total. The topological polar surface area (TPSA) is 64.4 Å². The number of nitriles is 1. The molecule has 1 saturated heterocycles. The van der Waals surface area contributed by atoms with Gasteiger partial charge < -0.3 is 4.90 Å². The lowest BCUT2D eigenvalue weighted by molar-refractivity contribution is -0.137. The molecule has 0 atom stereocenters. The third kappa shape index (κ3) is 4.14. The molecule has 0 aliphatic carbocycles. The molecule has 23 heavy (non-hydrogen) atoms. The smallest absolute Gasteiger partial charge is 0.370 e. The highest BCUT2D eigenvalue weighted by Crippen LogP contribution is 2.34. The third-order valence-electron chi connectivity index (χ3n) is 3.72. The monoisotopic (exact) mass is 347 g/mol. The second kappa shape index (κ2) is 6.37. The molecule has 1 aliphatic rings. The Kier molecular flexibility index (Phi) is 4.87. The number of sulfonamides is 1. The number of rotatable bonds is 2. The van der Waals surface area contributed by atoms with Crippen LogP contribution in [0.15, 0.2) is 18.2 Å². The van der Waals surface area contributed by atoms with Crippen molar-refractivity contribution in [3.8, 4) is 6.07 Å². The number of alkyl halides is 3. The molecule has 0 unspecified atom stereocenters. The summed E-state index contributed by atoms with van der Waals surface area (Å²) in [5, 5.41) is 8.82. The lowest BCUT2D eigenvalue weighted by Gasteiger charge is -2.24. The SMILES string of the molecule is CS(=O)(=O)N1CCCN(c2ccc(C#N)c(C(F)(F)F)c2)CC1. The van der Waals surface area contributed by atoms with E-state index in [1.54, 1.807) is 11.0 Å². The standard InChI is InChI=1S/C14H16F3N3O2S/c1-23(21,22)20-6-2-5-19(7-8-20)12-4-3-11(10-18)13(9-12)14(15,16)17/h3-4,9H,2,5-8H2,1H3. The first-order valence-corrected chi connectivity index (χ1v) is 8.79. The van der Waals surface area contributed by atoms with Crippen LogP contribution in [0.4, 0.5) is 18.9 Å². The summed E-state index contributed by atoms with van der Waals surface area (Å²) >= 11 is 0. The normalized spacial score (nSPS) is 17.6. The van der Waals surface area contributed by atoms with Crippen molar-refractivity contribution < 1.29 is 21.6 Å². The first kappa shape index (κ1) is 17.6. The van der Waals surface area contributed by atoms with Crippen molar-refractivity contribution in [1.82, 2.24) is 4.31 Å². The Morgan fingerprint density at radius 2 is 1.87 bits per heavy atom. The van der Waals surface area contributed by atoms with E-state index < -0.39 is 27.3 Å². The summed E-state index contributed by atoms with van der Waals surface area (Å²) in [5.41, 5.74) is -1.05. The van der Waals surface area contributed by atoms with E-state index in [0.717, 1.165) is 18.4 Å². The van der Waals surface area contributed by atoms with Crippen LogP contribution in [-0.4, -0.2) is 45.2 Å². The maximum absolute atomic E-state index is 13.0. The van der Waals surface area contributed by atoms with E-state index in [9.17, 15) is 21.6 Å². The molecule has 0 amide bonds. The summed E-state index contributed by atoms with van der Waals surface area (Å²) in [5.74, 6) is 0. The predicted molar refractivity (Wildman–Crippen MR) is 79.4 cm³/mol. The molecule has 1 aromatic rings. The van der Waals surface area contributed by atoms with Gasteiger partial charge in [-0.2, -0.15) is 18.4 Å². The van der Waals surface area contributed by atoms with Gasteiger partial charge in [-0.25, -0.2) is 12.7 Å². The van der Waals surface area contributed by atoms with Crippen LogP contribution in [0.2, 0.25) is 0 Å². The fourth-order valence-corrected chi connectivity index (χ4v) is 3.42. The number of hydrogen-bond acceptors (Lipinski definition) is 4. The first-order valence-electron chi connectivity index (χ1n) is 6.94. The minimum absolute atomic E-state index is 0.222. The van der Waals surface area contributed by atoms with Gasteiger partial charge in [-0.15, -0.1) is 0 Å². The molecule has 2 rings (SSSR count). The zero-order chi connectivity index (χ0) is 17.3. The van der Waals surface area contributed by atoms with Gasteiger partial charge in [0.15, 0.2) is 0 Å². The summed E-state index contributed by atoms with van der Waals surface area (Å²) in [6.07, 6.45) is -2.97. The van der Waals surface area contributed by atoms with Crippen LogP contribution >= 0.6 is 0 Å². The highest BCUT2D eigenvalue weighted by atomic mass is 32.2. The molecule has 0 aromatic heterocycles. The van der Waals surface area contributed by atoms with Gasteiger partial charge in [-0.05, 0) is 24.6 Å². The molecule has 0 bridgehead atoms. The van der Waals surface area contributed by atoms with Crippen molar-refractivity contribution in [1.29, 1.82) is 5.26 Å². The maximum Gasteiger partial charge on any atom is 0.417 e. The zero-order valence-electron chi connectivity index (χ0n) is 12.5. The van der Waals surface area contributed by atoms with Crippen molar-refractivity contribution in [3.05, 3.63) is 29.3 Å². The highest BCUT2D eigenvalue weighted by Gasteiger charge is 2.34. The van der Waals surface area contributed by atoms with E-state index in [-0.39, 0.29) is 6.54 Å². The number of halogens is 3. The van der Waals surface area contributed by atoms with Gasteiger partial charge in [0.2, 0.25) is 10.0 Å². The molecule has 0 saturated carbocycles. The fourth-order valence-electron chi connectivity index (χ4n) is 2.54. The minimum Gasteiger partial charge on any atom is -0.370 e. The second-order valence-corrected chi connectivity index (χ2v) is 7.32. The lowest BCUT2D eigenvalue weighted by Crippen LogP contribution is -2.34. The fraction of sp³-hybridized carbons (Fsp3) is 0.500. The molecular formula is C14H16F3N3O2S. The van der Waals surface area contributed by atoms with E-state index in [4.69, 9.17) is 5.26 Å². The molecule has 1 aromatic carbocycles. The zero-order valence-corrected chi connectivity index (χ0v) is 13.3. The van der Waals surface area contributed by atoms with Gasteiger partial charge in [0.1, 0.15) is 0 Å². The number of anilines is 1. The van der Waals surface area contributed by atoms with Crippen molar-refractivity contribution in [2.45, 2.75) is 12.6 Å². The van der Waals surface area contributed by atoms with Crippen LogP contribution < -0.4 is 4.90 Å². The predicted octanol–water partition coefficient (Wildman–Crippen LogP) is 2.05. The summed E-state index contributed by atoms with van der Waals surface area (Å²) in [4.78, 5) is 1.71. The first-order chi connectivity index (χ1) is 10.6. The van der Waals surface area contributed by atoms with Crippen LogP contribution in [0, 0.1) is 11.3 Å².